The predicted molar refractivity (Wildman–Crippen MR) is 36.7 cm³/mol. The van der Waals surface area contributed by atoms with Crippen molar-refractivity contribution in [2.75, 3.05) is 13.4 Å². The van der Waals surface area contributed by atoms with Gasteiger partial charge in [0.1, 0.15) is 0 Å². The molecule has 0 unspecified atom stereocenters. The molecule has 0 aliphatic carbocycles. The Morgan fingerprint density at radius 1 is 1.78 bits per heavy atom. The largest absolute Gasteiger partial charge is 0.452 e. The number of thiol groups is 1. The van der Waals surface area contributed by atoms with E-state index in [9.17, 15) is 4.79 Å². The van der Waals surface area contributed by atoms with Crippen LogP contribution in [0.5, 0.6) is 0 Å². The summed E-state index contributed by atoms with van der Waals surface area (Å²) >= 11 is 4.91. The SMILES string of the molecule is COC(=O)N(S)SC.[Zn]. The molecule has 0 aliphatic heterocycles. The van der Waals surface area contributed by atoms with Crippen molar-refractivity contribution < 1.29 is 29.0 Å². The molecule has 0 spiro atoms. The van der Waals surface area contributed by atoms with Crippen LogP contribution in [-0.4, -0.2) is 23.2 Å². The minimum absolute atomic E-state index is 0. The van der Waals surface area contributed by atoms with E-state index >= 15 is 0 Å². The van der Waals surface area contributed by atoms with Gasteiger partial charge in [-0.2, -0.15) is 3.71 Å². The number of nitrogens with zero attached hydrogens (tertiary/aromatic N) is 1. The predicted octanol–water partition coefficient (Wildman–Crippen LogP) is 1.18. The van der Waals surface area contributed by atoms with Gasteiger partial charge in [-0.25, -0.2) is 4.79 Å². The smallest absolute Gasteiger partial charge is 0.429 e. The monoisotopic (exact) mass is 217 g/mol. The van der Waals surface area contributed by atoms with Crippen molar-refractivity contribution in [1.82, 2.24) is 3.71 Å². The molecule has 0 heterocycles. The van der Waals surface area contributed by atoms with E-state index in [-0.39, 0.29) is 19.5 Å². The zero-order valence-corrected chi connectivity index (χ0v) is 10.0. The van der Waals surface area contributed by atoms with Crippen molar-refractivity contribution in [3.05, 3.63) is 0 Å². The second-order valence-electron chi connectivity index (χ2n) is 0.926. The number of methoxy groups -OCH3 is 1. The van der Waals surface area contributed by atoms with Gasteiger partial charge in [-0.05, 0) is 24.8 Å². The Labute approximate surface area is 76.9 Å². The maximum Gasteiger partial charge on any atom is 0.429 e. The Hall–Kier alpha value is 0.593. The molecule has 0 fully saturated rings. The van der Waals surface area contributed by atoms with E-state index in [2.05, 4.69) is 17.6 Å². The number of amides is 1. The van der Waals surface area contributed by atoms with Crippen LogP contribution in [0.1, 0.15) is 0 Å². The molecule has 6 heteroatoms. The fourth-order valence-electron chi connectivity index (χ4n) is 0.153. The van der Waals surface area contributed by atoms with Crippen molar-refractivity contribution in [2.45, 2.75) is 0 Å². The van der Waals surface area contributed by atoms with Gasteiger partial charge in [-0.1, -0.05) is 0 Å². The summed E-state index contributed by atoms with van der Waals surface area (Å²) in [5.74, 6) is 0. The third kappa shape index (κ3) is 5.06. The second kappa shape index (κ2) is 6.71. The van der Waals surface area contributed by atoms with Gasteiger partial charge >= 0.3 is 6.09 Å². The van der Waals surface area contributed by atoms with Gasteiger partial charge in [0, 0.05) is 25.7 Å². The molecular formula is C3H7NO2S2Zn. The third-order valence-electron chi connectivity index (χ3n) is 0.504. The van der Waals surface area contributed by atoms with Crippen LogP contribution in [0.25, 0.3) is 0 Å². The topological polar surface area (TPSA) is 29.5 Å². The number of carbonyl (C=O) groups is 1. The Kier molecular flexibility index (Phi) is 9.16. The standard InChI is InChI=1S/C3H7NO2S2.Zn/c1-6-3(5)4(7)8-2;/h7H,1-2H3;. The molecule has 0 radical (unpaired) electrons. The molecular weight excluding hydrogens is 212 g/mol. The number of ether oxygens (including phenoxy) is 1. The van der Waals surface area contributed by atoms with Crippen LogP contribution in [0.3, 0.4) is 0 Å². The number of rotatable bonds is 1. The molecule has 0 aromatic rings. The molecule has 1 amide bonds. The van der Waals surface area contributed by atoms with Crippen LogP contribution in [0.2, 0.25) is 0 Å². The maximum absolute atomic E-state index is 10.3. The van der Waals surface area contributed by atoms with E-state index in [1.807, 2.05) is 0 Å². The van der Waals surface area contributed by atoms with Crippen molar-refractivity contribution in [1.29, 1.82) is 0 Å². The molecule has 0 saturated carbocycles. The fourth-order valence-corrected chi connectivity index (χ4v) is 0.458. The summed E-state index contributed by atoms with van der Waals surface area (Å²) in [5, 5.41) is 0. The first-order chi connectivity index (χ1) is 3.72. The van der Waals surface area contributed by atoms with E-state index < -0.39 is 6.09 Å². The zero-order valence-electron chi connectivity index (χ0n) is 5.33. The summed E-state index contributed by atoms with van der Waals surface area (Å²) in [5.41, 5.74) is 0. The first kappa shape index (κ1) is 12.3. The summed E-state index contributed by atoms with van der Waals surface area (Å²) in [6.07, 6.45) is 1.27. The third-order valence-corrected chi connectivity index (χ3v) is 1.65. The average Bonchev–Trinajstić information content (AvgIpc) is 1.84. The Morgan fingerprint density at radius 2 is 2.22 bits per heavy atom. The maximum atomic E-state index is 10.3. The number of carbonyl (C=O) groups excluding carboxylic acids is 1. The first-order valence-electron chi connectivity index (χ1n) is 1.83. The normalized spacial score (nSPS) is 7.44. The van der Waals surface area contributed by atoms with Gasteiger partial charge in [-0.15, -0.1) is 0 Å². The van der Waals surface area contributed by atoms with Gasteiger partial charge in [0.2, 0.25) is 0 Å². The molecule has 0 aromatic heterocycles. The van der Waals surface area contributed by atoms with Crippen molar-refractivity contribution >= 4 is 30.9 Å². The quantitative estimate of drug-likeness (QED) is 0.407. The Balaban J connectivity index is 0. The van der Waals surface area contributed by atoms with E-state index in [1.165, 1.54) is 19.1 Å². The summed E-state index contributed by atoms with van der Waals surface area (Å²) in [4.78, 5) is 10.3. The van der Waals surface area contributed by atoms with Crippen LogP contribution >= 0.6 is 24.8 Å². The van der Waals surface area contributed by atoms with Gasteiger partial charge in [0.25, 0.3) is 0 Å². The van der Waals surface area contributed by atoms with Crippen LogP contribution in [0, 0.1) is 0 Å². The Bertz CT molecular complexity index is 91.9. The minimum Gasteiger partial charge on any atom is -0.452 e. The van der Waals surface area contributed by atoms with E-state index in [0.717, 1.165) is 3.71 Å². The summed E-state index contributed by atoms with van der Waals surface area (Å²) in [7, 11) is 1.31. The molecule has 0 rings (SSSR count). The molecule has 9 heavy (non-hydrogen) atoms. The second-order valence-corrected chi connectivity index (χ2v) is 2.33. The van der Waals surface area contributed by atoms with Crippen molar-refractivity contribution in [3.63, 3.8) is 0 Å². The fraction of sp³-hybridized carbons (Fsp3) is 0.667. The number of hydrogen-bond donors (Lipinski definition) is 1. The van der Waals surface area contributed by atoms with Crippen molar-refractivity contribution in [2.24, 2.45) is 0 Å². The minimum atomic E-state index is -0.458. The van der Waals surface area contributed by atoms with E-state index in [0.29, 0.717) is 0 Å². The van der Waals surface area contributed by atoms with Crippen LogP contribution < -0.4 is 0 Å². The van der Waals surface area contributed by atoms with Gasteiger partial charge in [-0.3, -0.25) is 0 Å². The van der Waals surface area contributed by atoms with Crippen LogP contribution in [0.15, 0.2) is 0 Å². The zero-order chi connectivity index (χ0) is 6.57. The van der Waals surface area contributed by atoms with Crippen LogP contribution in [0.4, 0.5) is 4.79 Å². The summed E-state index contributed by atoms with van der Waals surface area (Å²) < 4.78 is 5.39. The number of hydrogen-bond acceptors (Lipinski definition) is 4. The molecule has 0 aliphatic rings. The van der Waals surface area contributed by atoms with Gasteiger partial charge < -0.3 is 4.74 Å². The molecule has 3 nitrogen and oxygen atoms in total. The van der Waals surface area contributed by atoms with Crippen molar-refractivity contribution in [3.8, 4) is 0 Å². The van der Waals surface area contributed by atoms with E-state index in [4.69, 9.17) is 0 Å². The molecule has 0 saturated heterocycles. The van der Waals surface area contributed by atoms with E-state index in [1.54, 1.807) is 6.26 Å². The molecule has 0 atom stereocenters. The summed E-state index contributed by atoms with van der Waals surface area (Å²) in [6, 6.07) is 0. The molecule has 0 N–H and O–H groups in total. The molecule has 0 aromatic carbocycles. The first-order valence-corrected chi connectivity index (χ1v) is 3.41. The Morgan fingerprint density at radius 3 is 2.33 bits per heavy atom. The van der Waals surface area contributed by atoms with Gasteiger partial charge in [0.05, 0.1) is 7.11 Å². The summed E-state index contributed by atoms with van der Waals surface area (Å²) in [6.45, 7) is 0. The molecule has 0 bridgehead atoms. The van der Waals surface area contributed by atoms with Crippen LogP contribution in [-0.2, 0) is 24.2 Å². The molecule has 50 valence electrons. The van der Waals surface area contributed by atoms with Gasteiger partial charge in [0.15, 0.2) is 0 Å². The average molecular weight is 219 g/mol.